The molecule has 0 saturated carbocycles. The number of halogens is 1. The summed E-state index contributed by atoms with van der Waals surface area (Å²) in [5.41, 5.74) is 1.40. The van der Waals surface area contributed by atoms with Crippen LogP contribution in [0.25, 0.3) is 0 Å². The van der Waals surface area contributed by atoms with Crippen molar-refractivity contribution >= 4 is 34.4 Å². The number of nitrogens with zero attached hydrogens (tertiary/aromatic N) is 1. The number of hydrogen-bond donors (Lipinski definition) is 0. The third-order valence-corrected chi connectivity index (χ3v) is 3.85. The van der Waals surface area contributed by atoms with E-state index in [-0.39, 0.29) is 6.09 Å². The number of hydrogen-bond acceptors (Lipinski definition) is 2. The summed E-state index contributed by atoms with van der Waals surface area (Å²) in [7, 11) is 0. The number of benzene rings is 2. The minimum Gasteiger partial charge on any atom is -0.443 e. The van der Waals surface area contributed by atoms with E-state index >= 15 is 0 Å². The first-order valence-corrected chi connectivity index (χ1v) is 8.24. The van der Waals surface area contributed by atoms with Gasteiger partial charge in [-0.05, 0) is 61.1 Å². The quantitative estimate of drug-likeness (QED) is 0.650. The Labute approximate surface area is 145 Å². The van der Waals surface area contributed by atoms with E-state index in [2.05, 4.69) is 22.6 Å². The zero-order chi connectivity index (χ0) is 16.2. The normalized spacial score (nSPS) is 11.1. The van der Waals surface area contributed by atoms with E-state index in [4.69, 9.17) is 4.74 Å². The van der Waals surface area contributed by atoms with Crippen LogP contribution in [0.5, 0.6) is 0 Å². The molecule has 0 spiro atoms. The lowest BCUT2D eigenvalue weighted by Crippen LogP contribution is -2.36. The molecule has 0 N–H and O–H groups in total. The van der Waals surface area contributed by atoms with Gasteiger partial charge in [-0.3, -0.25) is 4.90 Å². The van der Waals surface area contributed by atoms with Gasteiger partial charge in [0, 0.05) is 3.57 Å². The van der Waals surface area contributed by atoms with E-state index in [1.807, 2.05) is 75.4 Å². The average Bonchev–Trinajstić information content (AvgIpc) is 2.45. The van der Waals surface area contributed by atoms with Crippen molar-refractivity contribution < 1.29 is 9.53 Å². The van der Waals surface area contributed by atoms with Gasteiger partial charge in [0.2, 0.25) is 0 Å². The fraction of sp³-hybridized carbons (Fsp3) is 0.278. The molecule has 2 aromatic rings. The first-order chi connectivity index (χ1) is 10.4. The molecule has 0 aliphatic rings. The summed E-state index contributed by atoms with van der Waals surface area (Å²) in [5.74, 6) is 0. The average molecular weight is 409 g/mol. The molecule has 0 aromatic heterocycles. The maximum absolute atomic E-state index is 12.6. The zero-order valence-corrected chi connectivity index (χ0v) is 15.2. The molecule has 0 aliphatic carbocycles. The second-order valence-corrected chi connectivity index (χ2v) is 7.17. The van der Waals surface area contributed by atoms with Crippen LogP contribution in [-0.2, 0) is 11.3 Å². The Morgan fingerprint density at radius 2 is 1.64 bits per heavy atom. The third-order valence-electron chi connectivity index (χ3n) is 2.94. The van der Waals surface area contributed by atoms with Crippen molar-refractivity contribution in [1.82, 2.24) is 0 Å². The first-order valence-electron chi connectivity index (χ1n) is 7.16. The van der Waals surface area contributed by atoms with Crippen molar-refractivity contribution in [3.8, 4) is 0 Å². The molecule has 2 aromatic carbocycles. The summed E-state index contributed by atoms with van der Waals surface area (Å²) < 4.78 is 6.58. The van der Waals surface area contributed by atoms with Crippen LogP contribution in [0.2, 0.25) is 0 Å². The number of para-hydroxylation sites is 1. The maximum Gasteiger partial charge on any atom is 0.415 e. The van der Waals surface area contributed by atoms with Crippen LogP contribution >= 0.6 is 22.6 Å². The van der Waals surface area contributed by atoms with Crippen molar-refractivity contribution in [2.45, 2.75) is 32.9 Å². The van der Waals surface area contributed by atoms with E-state index in [1.165, 1.54) is 0 Å². The predicted octanol–water partition coefficient (Wildman–Crippen LogP) is 5.23. The molecule has 0 unspecified atom stereocenters. The van der Waals surface area contributed by atoms with Crippen LogP contribution in [0.3, 0.4) is 0 Å². The minimum atomic E-state index is -0.522. The van der Waals surface area contributed by atoms with Gasteiger partial charge in [-0.2, -0.15) is 0 Å². The van der Waals surface area contributed by atoms with Crippen LogP contribution in [0.15, 0.2) is 54.6 Å². The maximum atomic E-state index is 12.6. The summed E-state index contributed by atoms with van der Waals surface area (Å²) in [6, 6.07) is 17.7. The summed E-state index contributed by atoms with van der Waals surface area (Å²) in [6.07, 6.45) is -0.333. The van der Waals surface area contributed by atoms with Crippen molar-refractivity contribution in [2.75, 3.05) is 4.90 Å². The van der Waals surface area contributed by atoms with Gasteiger partial charge in [-0.1, -0.05) is 42.5 Å². The van der Waals surface area contributed by atoms with E-state index in [0.29, 0.717) is 6.54 Å². The minimum absolute atomic E-state index is 0.333. The van der Waals surface area contributed by atoms with Gasteiger partial charge < -0.3 is 4.74 Å². The summed E-state index contributed by atoms with van der Waals surface area (Å²) in [4.78, 5) is 14.3. The number of ether oxygens (including phenoxy) is 1. The Bertz CT molecular complexity index is 635. The second-order valence-electron chi connectivity index (χ2n) is 6.00. The number of amides is 1. The molecule has 0 heterocycles. The molecular formula is C18H20INO2. The molecule has 0 radical (unpaired) electrons. The SMILES string of the molecule is CC(C)(C)OC(=O)N(Cc1ccccc1)c1ccccc1I. The highest BCUT2D eigenvalue weighted by Gasteiger charge is 2.24. The molecule has 4 heteroatoms. The van der Waals surface area contributed by atoms with Gasteiger partial charge >= 0.3 is 6.09 Å². The largest absolute Gasteiger partial charge is 0.443 e. The van der Waals surface area contributed by atoms with Crippen molar-refractivity contribution in [2.24, 2.45) is 0 Å². The Kier molecular flexibility index (Phi) is 5.45. The highest BCUT2D eigenvalue weighted by molar-refractivity contribution is 14.1. The van der Waals surface area contributed by atoms with E-state index in [0.717, 1.165) is 14.8 Å². The zero-order valence-electron chi connectivity index (χ0n) is 13.0. The van der Waals surface area contributed by atoms with E-state index in [1.54, 1.807) is 4.90 Å². The molecule has 22 heavy (non-hydrogen) atoms. The summed E-state index contributed by atoms with van der Waals surface area (Å²) in [5, 5.41) is 0. The molecular weight excluding hydrogens is 389 g/mol. The highest BCUT2D eigenvalue weighted by atomic mass is 127. The Hall–Kier alpha value is -1.56. The fourth-order valence-electron chi connectivity index (χ4n) is 2.00. The molecule has 2 rings (SSSR count). The third kappa shape index (κ3) is 4.73. The molecule has 1 amide bonds. The molecule has 0 atom stereocenters. The van der Waals surface area contributed by atoms with E-state index < -0.39 is 5.60 Å². The lowest BCUT2D eigenvalue weighted by atomic mass is 10.2. The van der Waals surface area contributed by atoms with Gasteiger partial charge in [-0.15, -0.1) is 0 Å². The lowest BCUT2D eigenvalue weighted by molar-refractivity contribution is 0.0577. The van der Waals surface area contributed by atoms with Gasteiger partial charge in [-0.25, -0.2) is 4.79 Å². The monoisotopic (exact) mass is 409 g/mol. The van der Waals surface area contributed by atoms with Crippen LogP contribution < -0.4 is 4.90 Å². The van der Waals surface area contributed by atoms with E-state index in [9.17, 15) is 4.79 Å². The van der Waals surface area contributed by atoms with Crippen LogP contribution in [0, 0.1) is 3.57 Å². The topological polar surface area (TPSA) is 29.5 Å². The Morgan fingerprint density at radius 3 is 2.23 bits per heavy atom. The molecule has 0 saturated heterocycles. The van der Waals surface area contributed by atoms with Crippen molar-refractivity contribution in [3.63, 3.8) is 0 Å². The van der Waals surface area contributed by atoms with Crippen LogP contribution in [-0.4, -0.2) is 11.7 Å². The van der Waals surface area contributed by atoms with Crippen molar-refractivity contribution in [3.05, 3.63) is 63.7 Å². The standard InChI is InChI=1S/C18H20INO2/c1-18(2,3)22-17(21)20(13-14-9-5-4-6-10-14)16-12-8-7-11-15(16)19/h4-12H,13H2,1-3H3. The van der Waals surface area contributed by atoms with Gasteiger partial charge in [0.05, 0.1) is 12.2 Å². The summed E-state index contributed by atoms with van der Waals surface area (Å²) in [6.45, 7) is 6.11. The number of carbonyl (C=O) groups excluding carboxylic acids is 1. The van der Waals surface area contributed by atoms with Crippen molar-refractivity contribution in [1.29, 1.82) is 0 Å². The number of rotatable bonds is 3. The van der Waals surface area contributed by atoms with Crippen LogP contribution in [0.4, 0.5) is 10.5 Å². The Morgan fingerprint density at radius 1 is 1.05 bits per heavy atom. The molecule has 0 bridgehead atoms. The first kappa shape index (κ1) is 16.8. The molecule has 3 nitrogen and oxygen atoms in total. The number of anilines is 1. The van der Waals surface area contributed by atoms with Gasteiger partial charge in [0.25, 0.3) is 0 Å². The lowest BCUT2D eigenvalue weighted by Gasteiger charge is -2.28. The smallest absolute Gasteiger partial charge is 0.415 e. The van der Waals surface area contributed by atoms with Gasteiger partial charge in [0.1, 0.15) is 5.60 Å². The molecule has 0 aliphatic heterocycles. The number of carbonyl (C=O) groups is 1. The van der Waals surface area contributed by atoms with Crippen LogP contribution in [0.1, 0.15) is 26.3 Å². The summed E-state index contributed by atoms with van der Waals surface area (Å²) >= 11 is 2.24. The molecule has 0 fully saturated rings. The molecule has 116 valence electrons. The highest BCUT2D eigenvalue weighted by Crippen LogP contribution is 2.26. The Balaban J connectivity index is 2.32. The van der Waals surface area contributed by atoms with Gasteiger partial charge in [0.15, 0.2) is 0 Å². The fourth-order valence-corrected chi connectivity index (χ4v) is 2.68. The predicted molar refractivity (Wildman–Crippen MR) is 98.0 cm³/mol. The second kappa shape index (κ2) is 7.13.